The van der Waals surface area contributed by atoms with Crippen LogP contribution in [0.15, 0.2) is 30.3 Å². The lowest BCUT2D eigenvalue weighted by atomic mass is 10.2. The number of anilines is 1. The molecule has 0 spiro atoms. The van der Waals surface area contributed by atoms with E-state index in [1.54, 1.807) is 0 Å². The van der Waals surface area contributed by atoms with Gasteiger partial charge in [-0.05, 0) is 12.1 Å². The monoisotopic (exact) mass is 362 g/mol. The molecule has 0 unspecified atom stereocenters. The highest BCUT2D eigenvalue weighted by molar-refractivity contribution is 5.78. The van der Waals surface area contributed by atoms with Gasteiger partial charge in [-0.3, -0.25) is 9.59 Å². The van der Waals surface area contributed by atoms with Crippen molar-refractivity contribution in [3.63, 3.8) is 0 Å². The Labute approximate surface area is 153 Å². The standard InChI is InChI=1S/C18H26N4O4/c1-20(10-8-17(24)25)18(26)19-9-7-16(23)22-13-11-21(12-14-22)15-5-3-2-4-6-15/h2-6H,7-14H2,1H3,(H,19,26)(H,24,25). The van der Waals surface area contributed by atoms with Crippen LogP contribution in [0.5, 0.6) is 0 Å². The van der Waals surface area contributed by atoms with Crippen molar-refractivity contribution in [1.29, 1.82) is 0 Å². The molecule has 2 N–H and O–H groups in total. The Morgan fingerprint density at radius 2 is 1.73 bits per heavy atom. The van der Waals surface area contributed by atoms with Gasteiger partial charge in [0.2, 0.25) is 5.91 Å². The molecular formula is C18H26N4O4. The highest BCUT2D eigenvalue weighted by Gasteiger charge is 2.21. The van der Waals surface area contributed by atoms with Crippen molar-refractivity contribution in [2.75, 3.05) is 51.2 Å². The maximum atomic E-state index is 12.3. The molecule has 1 aliphatic rings. The van der Waals surface area contributed by atoms with E-state index < -0.39 is 5.97 Å². The molecule has 1 saturated heterocycles. The molecule has 1 aromatic carbocycles. The summed E-state index contributed by atoms with van der Waals surface area (Å²) in [5, 5.41) is 11.3. The lowest BCUT2D eigenvalue weighted by molar-refractivity contribution is -0.137. The van der Waals surface area contributed by atoms with Crippen LogP contribution >= 0.6 is 0 Å². The number of carboxylic acid groups (broad SMARTS) is 1. The summed E-state index contributed by atoms with van der Waals surface area (Å²) in [5.74, 6) is -0.930. The summed E-state index contributed by atoms with van der Waals surface area (Å²) in [6, 6.07) is 9.75. The minimum atomic E-state index is -0.950. The Balaban J connectivity index is 1.66. The Morgan fingerprint density at radius 1 is 1.08 bits per heavy atom. The van der Waals surface area contributed by atoms with E-state index in [9.17, 15) is 14.4 Å². The van der Waals surface area contributed by atoms with Gasteiger partial charge in [0.1, 0.15) is 0 Å². The molecule has 0 saturated carbocycles. The fourth-order valence-corrected chi connectivity index (χ4v) is 2.79. The summed E-state index contributed by atoms with van der Waals surface area (Å²) in [6.45, 7) is 3.30. The number of benzene rings is 1. The zero-order valence-corrected chi connectivity index (χ0v) is 15.1. The molecule has 8 heteroatoms. The van der Waals surface area contributed by atoms with Crippen LogP contribution in [0.4, 0.5) is 10.5 Å². The summed E-state index contributed by atoms with van der Waals surface area (Å²) < 4.78 is 0. The first kappa shape index (κ1) is 19.6. The highest BCUT2D eigenvalue weighted by Crippen LogP contribution is 2.15. The fraction of sp³-hybridized carbons (Fsp3) is 0.500. The van der Waals surface area contributed by atoms with Crippen LogP contribution < -0.4 is 10.2 Å². The van der Waals surface area contributed by atoms with E-state index in [1.807, 2.05) is 23.1 Å². The molecule has 1 aliphatic heterocycles. The van der Waals surface area contributed by atoms with Crippen molar-refractivity contribution in [1.82, 2.24) is 15.1 Å². The number of urea groups is 1. The maximum Gasteiger partial charge on any atom is 0.317 e. The van der Waals surface area contributed by atoms with Gasteiger partial charge in [0, 0.05) is 58.4 Å². The third-order valence-corrected chi connectivity index (χ3v) is 4.38. The van der Waals surface area contributed by atoms with Crippen molar-refractivity contribution in [2.45, 2.75) is 12.8 Å². The van der Waals surface area contributed by atoms with Crippen molar-refractivity contribution in [2.24, 2.45) is 0 Å². The zero-order chi connectivity index (χ0) is 18.9. The van der Waals surface area contributed by atoms with Gasteiger partial charge < -0.3 is 25.1 Å². The van der Waals surface area contributed by atoms with E-state index in [4.69, 9.17) is 5.11 Å². The van der Waals surface area contributed by atoms with Crippen LogP contribution in [0.2, 0.25) is 0 Å². The van der Waals surface area contributed by atoms with Crippen LogP contribution in [0.1, 0.15) is 12.8 Å². The number of nitrogens with zero attached hydrogens (tertiary/aromatic N) is 3. The second kappa shape index (κ2) is 9.65. The molecule has 142 valence electrons. The van der Waals surface area contributed by atoms with Gasteiger partial charge in [0.05, 0.1) is 6.42 Å². The number of hydrogen-bond acceptors (Lipinski definition) is 4. The summed E-state index contributed by atoms with van der Waals surface area (Å²) in [7, 11) is 1.53. The third-order valence-electron chi connectivity index (χ3n) is 4.38. The van der Waals surface area contributed by atoms with Crippen LogP contribution in [-0.2, 0) is 9.59 Å². The average molecular weight is 362 g/mol. The lowest BCUT2D eigenvalue weighted by Crippen LogP contribution is -2.49. The van der Waals surface area contributed by atoms with Crippen molar-refractivity contribution in [3.05, 3.63) is 30.3 Å². The zero-order valence-electron chi connectivity index (χ0n) is 15.1. The Bertz CT molecular complexity index is 615. The number of carbonyl (C=O) groups is 3. The number of hydrogen-bond donors (Lipinski definition) is 2. The Hall–Kier alpha value is -2.77. The SMILES string of the molecule is CN(CCC(=O)O)C(=O)NCCC(=O)N1CCN(c2ccccc2)CC1. The molecule has 0 atom stereocenters. The van der Waals surface area contributed by atoms with E-state index in [-0.39, 0.29) is 37.9 Å². The van der Waals surface area contributed by atoms with E-state index in [0.29, 0.717) is 13.1 Å². The number of amides is 3. The molecule has 0 radical (unpaired) electrons. The van der Waals surface area contributed by atoms with Crippen LogP contribution in [0.25, 0.3) is 0 Å². The number of carbonyl (C=O) groups excluding carboxylic acids is 2. The second-order valence-corrected chi connectivity index (χ2v) is 6.25. The smallest absolute Gasteiger partial charge is 0.317 e. The molecular weight excluding hydrogens is 336 g/mol. The number of nitrogens with one attached hydrogen (secondary N) is 1. The minimum absolute atomic E-state index is 0.0196. The van der Waals surface area contributed by atoms with Gasteiger partial charge in [-0.1, -0.05) is 18.2 Å². The first-order valence-electron chi connectivity index (χ1n) is 8.76. The van der Waals surface area contributed by atoms with E-state index in [2.05, 4.69) is 22.3 Å². The van der Waals surface area contributed by atoms with Crippen LogP contribution in [0.3, 0.4) is 0 Å². The van der Waals surface area contributed by atoms with Crippen LogP contribution in [0, 0.1) is 0 Å². The van der Waals surface area contributed by atoms with Crippen LogP contribution in [-0.4, -0.2) is 79.1 Å². The van der Waals surface area contributed by atoms with Gasteiger partial charge in [-0.15, -0.1) is 0 Å². The molecule has 1 fully saturated rings. The lowest BCUT2D eigenvalue weighted by Gasteiger charge is -2.36. The van der Waals surface area contributed by atoms with Gasteiger partial charge >= 0.3 is 12.0 Å². The number of aliphatic carboxylic acids is 1. The molecule has 0 aromatic heterocycles. The molecule has 1 aromatic rings. The number of para-hydroxylation sites is 1. The third kappa shape index (κ3) is 5.94. The average Bonchev–Trinajstić information content (AvgIpc) is 2.66. The number of carboxylic acids is 1. The summed E-state index contributed by atoms with van der Waals surface area (Å²) in [6.07, 6.45) is 0.137. The van der Waals surface area contributed by atoms with E-state index in [0.717, 1.165) is 18.8 Å². The van der Waals surface area contributed by atoms with Crippen molar-refractivity contribution >= 4 is 23.6 Å². The first-order chi connectivity index (χ1) is 12.5. The number of rotatable bonds is 7. The predicted molar refractivity (Wildman–Crippen MR) is 98.1 cm³/mol. The minimum Gasteiger partial charge on any atom is -0.481 e. The molecule has 8 nitrogen and oxygen atoms in total. The second-order valence-electron chi connectivity index (χ2n) is 6.25. The van der Waals surface area contributed by atoms with E-state index in [1.165, 1.54) is 11.9 Å². The van der Waals surface area contributed by atoms with Gasteiger partial charge in [0.15, 0.2) is 0 Å². The normalized spacial score (nSPS) is 14.0. The maximum absolute atomic E-state index is 12.3. The summed E-state index contributed by atoms with van der Waals surface area (Å²) in [5.41, 5.74) is 1.16. The topological polar surface area (TPSA) is 93.2 Å². The predicted octanol–water partition coefficient (Wildman–Crippen LogP) is 0.841. The molecule has 0 bridgehead atoms. The van der Waals surface area contributed by atoms with Gasteiger partial charge in [0.25, 0.3) is 0 Å². The largest absolute Gasteiger partial charge is 0.481 e. The molecule has 2 rings (SSSR count). The quantitative estimate of drug-likeness (QED) is 0.750. The van der Waals surface area contributed by atoms with Crippen molar-refractivity contribution < 1.29 is 19.5 Å². The fourth-order valence-electron chi connectivity index (χ4n) is 2.79. The Kier molecular flexibility index (Phi) is 7.25. The summed E-state index contributed by atoms with van der Waals surface area (Å²) >= 11 is 0. The number of piperazine rings is 1. The molecule has 3 amide bonds. The van der Waals surface area contributed by atoms with E-state index >= 15 is 0 Å². The molecule has 1 heterocycles. The Morgan fingerprint density at radius 3 is 2.35 bits per heavy atom. The highest BCUT2D eigenvalue weighted by atomic mass is 16.4. The molecule has 26 heavy (non-hydrogen) atoms. The van der Waals surface area contributed by atoms with Crippen molar-refractivity contribution in [3.8, 4) is 0 Å². The van der Waals surface area contributed by atoms with Gasteiger partial charge in [-0.25, -0.2) is 4.79 Å². The first-order valence-corrected chi connectivity index (χ1v) is 8.76. The molecule has 0 aliphatic carbocycles. The summed E-state index contributed by atoms with van der Waals surface area (Å²) in [4.78, 5) is 40.0. The van der Waals surface area contributed by atoms with Gasteiger partial charge in [-0.2, -0.15) is 0 Å².